The SMILES string of the molecule is CCn1c(-c2ccc3c(c2)OCCO3)cnc1SC(C)C(=O)Nc1ccc([N+](=O)[O-])cc1Cl. The van der Waals surface area contributed by atoms with E-state index in [1.165, 1.54) is 30.0 Å². The quantitative estimate of drug-likeness (QED) is 0.282. The predicted octanol–water partition coefficient (Wildman–Crippen LogP) is 5.02. The number of hydrogen-bond donors (Lipinski definition) is 1. The Bertz CT molecular complexity index is 1220. The number of benzene rings is 2. The van der Waals surface area contributed by atoms with Gasteiger partial charge in [0, 0.05) is 24.2 Å². The fraction of sp³-hybridized carbons (Fsp3) is 0.273. The minimum atomic E-state index is -0.542. The van der Waals surface area contributed by atoms with Gasteiger partial charge < -0.3 is 19.4 Å². The van der Waals surface area contributed by atoms with Crippen LogP contribution in [0.4, 0.5) is 11.4 Å². The number of hydrogen-bond acceptors (Lipinski definition) is 7. The first-order valence-electron chi connectivity index (χ1n) is 10.2. The van der Waals surface area contributed by atoms with Crippen molar-refractivity contribution < 1.29 is 19.2 Å². The van der Waals surface area contributed by atoms with E-state index in [-0.39, 0.29) is 16.6 Å². The number of amides is 1. The molecule has 172 valence electrons. The fourth-order valence-corrected chi connectivity index (χ4v) is 4.53. The molecule has 0 bridgehead atoms. The van der Waals surface area contributed by atoms with Crippen molar-refractivity contribution in [2.45, 2.75) is 30.8 Å². The third-order valence-corrected chi connectivity index (χ3v) is 6.46. The topological polar surface area (TPSA) is 109 Å². The van der Waals surface area contributed by atoms with Gasteiger partial charge in [-0.15, -0.1) is 0 Å². The molecule has 2 heterocycles. The van der Waals surface area contributed by atoms with E-state index in [1.54, 1.807) is 13.1 Å². The molecular weight excluding hydrogens is 468 g/mol. The Balaban J connectivity index is 1.49. The highest BCUT2D eigenvalue weighted by atomic mass is 35.5. The van der Waals surface area contributed by atoms with Crippen molar-refractivity contribution in [1.82, 2.24) is 9.55 Å². The summed E-state index contributed by atoms with van der Waals surface area (Å²) in [4.78, 5) is 27.6. The van der Waals surface area contributed by atoms with Crippen molar-refractivity contribution in [2.24, 2.45) is 0 Å². The largest absolute Gasteiger partial charge is 0.486 e. The summed E-state index contributed by atoms with van der Waals surface area (Å²) in [7, 11) is 0. The molecule has 0 spiro atoms. The lowest BCUT2D eigenvalue weighted by Crippen LogP contribution is -2.23. The second kappa shape index (κ2) is 9.72. The number of nitrogens with one attached hydrogen (secondary N) is 1. The van der Waals surface area contributed by atoms with Crippen molar-refractivity contribution >= 4 is 40.6 Å². The first-order chi connectivity index (χ1) is 15.9. The van der Waals surface area contributed by atoms with Crippen molar-refractivity contribution in [3.63, 3.8) is 0 Å². The molecule has 1 N–H and O–H groups in total. The van der Waals surface area contributed by atoms with Crippen molar-refractivity contribution in [1.29, 1.82) is 0 Å². The van der Waals surface area contributed by atoms with Crippen LogP contribution in [0.2, 0.25) is 5.02 Å². The molecular formula is C22H21ClN4O5S. The number of halogens is 1. The first kappa shape index (κ1) is 22.9. The molecule has 0 saturated carbocycles. The normalized spacial score (nSPS) is 13.4. The zero-order valence-corrected chi connectivity index (χ0v) is 19.5. The summed E-state index contributed by atoms with van der Waals surface area (Å²) in [5.41, 5.74) is 2.02. The molecule has 3 aromatic rings. The van der Waals surface area contributed by atoms with Crippen LogP contribution in [0.3, 0.4) is 0 Å². The standard InChI is InChI=1S/C22H21ClN4O5S/c1-3-26-18(14-4-7-19-20(10-14)32-9-8-31-19)12-24-22(26)33-13(2)21(28)25-17-6-5-15(27(29)30)11-16(17)23/h4-7,10-13H,3,8-9H2,1-2H3,(H,25,28). The molecule has 33 heavy (non-hydrogen) atoms. The van der Waals surface area contributed by atoms with Gasteiger partial charge in [0.15, 0.2) is 16.7 Å². The third-order valence-electron chi connectivity index (χ3n) is 5.05. The van der Waals surface area contributed by atoms with Gasteiger partial charge in [-0.2, -0.15) is 0 Å². The predicted molar refractivity (Wildman–Crippen MR) is 126 cm³/mol. The number of fused-ring (bicyclic) bond motifs is 1. The van der Waals surface area contributed by atoms with Gasteiger partial charge in [-0.1, -0.05) is 23.4 Å². The fourth-order valence-electron chi connectivity index (χ4n) is 3.36. The average molecular weight is 489 g/mol. The van der Waals surface area contributed by atoms with E-state index in [9.17, 15) is 14.9 Å². The number of nitrogens with zero attached hydrogens (tertiary/aromatic N) is 3. The molecule has 1 atom stereocenters. The zero-order valence-electron chi connectivity index (χ0n) is 17.9. The van der Waals surface area contributed by atoms with Crippen molar-refractivity contribution in [3.8, 4) is 22.8 Å². The summed E-state index contributed by atoms with van der Waals surface area (Å²) in [5, 5.41) is 13.9. The summed E-state index contributed by atoms with van der Waals surface area (Å²) in [6.07, 6.45) is 1.77. The number of non-ortho nitro benzene ring substituents is 1. The minimum Gasteiger partial charge on any atom is -0.486 e. The van der Waals surface area contributed by atoms with Crippen LogP contribution in [0, 0.1) is 10.1 Å². The van der Waals surface area contributed by atoms with Crippen LogP contribution >= 0.6 is 23.4 Å². The molecule has 1 amide bonds. The molecule has 1 unspecified atom stereocenters. The number of carbonyl (C=O) groups excluding carboxylic acids is 1. The maximum absolute atomic E-state index is 12.7. The molecule has 0 fully saturated rings. The van der Waals surface area contributed by atoms with Crippen LogP contribution in [0.15, 0.2) is 47.8 Å². The highest BCUT2D eigenvalue weighted by Crippen LogP contribution is 2.36. The monoisotopic (exact) mass is 488 g/mol. The van der Waals surface area contributed by atoms with Crippen molar-refractivity contribution in [3.05, 3.63) is 57.7 Å². The van der Waals surface area contributed by atoms with E-state index < -0.39 is 10.2 Å². The van der Waals surface area contributed by atoms with E-state index >= 15 is 0 Å². The molecule has 2 aromatic carbocycles. The number of ether oxygens (including phenoxy) is 2. The highest BCUT2D eigenvalue weighted by Gasteiger charge is 2.21. The summed E-state index contributed by atoms with van der Waals surface area (Å²) in [6, 6.07) is 9.69. The summed E-state index contributed by atoms with van der Waals surface area (Å²) in [5.74, 6) is 1.13. The second-order valence-corrected chi connectivity index (χ2v) is 8.91. The van der Waals surface area contributed by atoms with Gasteiger partial charge in [-0.05, 0) is 38.1 Å². The lowest BCUT2D eigenvalue weighted by atomic mass is 10.1. The number of nitro benzene ring substituents is 1. The van der Waals surface area contributed by atoms with Crippen LogP contribution in [-0.2, 0) is 11.3 Å². The second-order valence-electron chi connectivity index (χ2n) is 7.20. The maximum atomic E-state index is 12.7. The molecule has 9 nitrogen and oxygen atoms in total. The average Bonchev–Trinajstić information content (AvgIpc) is 3.22. The lowest BCUT2D eigenvalue weighted by Gasteiger charge is -2.19. The van der Waals surface area contributed by atoms with E-state index in [0.717, 1.165) is 17.0 Å². The van der Waals surface area contributed by atoms with E-state index in [0.29, 0.717) is 36.4 Å². The Morgan fingerprint density at radius 3 is 2.73 bits per heavy atom. The van der Waals surface area contributed by atoms with Crippen LogP contribution in [0.5, 0.6) is 11.5 Å². The minimum absolute atomic E-state index is 0.103. The van der Waals surface area contributed by atoms with Gasteiger partial charge in [0.1, 0.15) is 13.2 Å². The molecule has 1 aromatic heterocycles. The van der Waals surface area contributed by atoms with Crippen LogP contribution < -0.4 is 14.8 Å². The Morgan fingerprint density at radius 1 is 1.27 bits per heavy atom. The molecule has 4 rings (SSSR count). The number of aromatic nitrogens is 2. The van der Waals surface area contributed by atoms with Crippen LogP contribution in [-0.4, -0.2) is 38.8 Å². The molecule has 11 heteroatoms. The van der Waals surface area contributed by atoms with Gasteiger partial charge in [-0.25, -0.2) is 4.98 Å². The lowest BCUT2D eigenvalue weighted by molar-refractivity contribution is -0.384. The summed E-state index contributed by atoms with van der Waals surface area (Å²) < 4.78 is 13.3. The Morgan fingerprint density at radius 2 is 2.03 bits per heavy atom. The van der Waals surface area contributed by atoms with Gasteiger partial charge in [0.25, 0.3) is 5.69 Å². The van der Waals surface area contributed by atoms with Gasteiger partial charge in [0.05, 0.1) is 32.8 Å². The number of imidazole rings is 1. The van der Waals surface area contributed by atoms with Gasteiger partial charge >= 0.3 is 0 Å². The molecule has 0 saturated heterocycles. The molecule has 0 radical (unpaired) electrons. The number of nitro groups is 1. The Labute approximate surface area is 199 Å². The van der Waals surface area contributed by atoms with Crippen LogP contribution in [0.25, 0.3) is 11.3 Å². The summed E-state index contributed by atoms with van der Waals surface area (Å²) >= 11 is 7.40. The van der Waals surface area contributed by atoms with E-state index in [1.807, 2.05) is 29.7 Å². The number of carbonyl (C=O) groups is 1. The Hall–Kier alpha value is -3.24. The van der Waals surface area contributed by atoms with Crippen LogP contribution in [0.1, 0.15) is 13.8 Å². The maximum Gasteiger partial charge on any atom is 0.271 e. The molecule has 0 aliphatic carbocycles. The number of anilines is 1. The number of rotatable bonds is 7. The van der Waals surface area contributed by atoms with E-state index in [2.05, 4.69) is 10.3 Å². The number of thioether (sulfide) groups is 1. The Kier molecular flexibility index (Phi) is 6.75. The van der Waals surface area contributed by atoms with Crippen molar-refractivity contribution in [2.75, 3.05) is 18.5 Å². The van der Waals surface area contributed by atoms with Gasteiger partial charge in [0.2, 0.25) is 5.91 Å². The smallest absolute Gasteiger partial charge is 0.271 e. The van der Waals surface area contributed by atoms with Gasteiger partial charge in [-0.3, -0.25) is 14.9 Å². The first-order valence-corrected chi connectivity index (χ1v) is 11.5. The summed E-state index contributed by atoms with van der Waals surface area (Å²) in [6.45, 7) is 5.47. The highest BCUT2D eigenvalue weighted by molar-refractivity contribution is 8.00. The molecule has 1 aliphatic rings. The molecule has 1 aliphatic heterocycles. The third kappa shape index (κ3) is 4.91. The zero-order chi connectivity index (χ0) is 23.5. The van der Waals surface area contributed by atoms with E-state index in [4.69, 9.17) is 21.1 Å².